The first kappa shape index (κ1) is 24.0. The predicted molar refractivity (Wildman–Crippen MR) is 119 cm³/mol. The van der Waals surface area contributed by atoms with Gasteiger partial charge >= 0.3 is 0 Å². The van der Waals surface area contributed by atoms with Gasteiger partial charge in [0.05, 0.1) is 24.3 Å². The molecule has 0 heterocycles. The Morgan fingerprint density at radius 3 is 2.44 bits per heavy atom. The van der Waals surface area contributed by atoms with E-state index in [1.165, 1.54) is 5.04 Å². The molecule has 0 saturated carbocycles. The second-order valence-corrected chi connectivity index (χ2v) is 9.70. The Labute approximate surface area is 170 Å². The van der Waals surface area contributed by atoms with E-state index < -0.39 is 0 Å². The van der Waals surface area contributed by atoms with Crippen LogP contribution in [0.25, 0.3) is 0 Å². The van der Waals surface area contributed by atoms with Crippen molar-refractivity contribution in [1.29, 1.82) is 0 Å². The van der Waals surface area contributed by atoms with Gasteiger partial charge in [0.2, 0.25) is 0 Å². The Morgan fingerprint density at radius 1 is 1.19 bits per heavy atom. The molecule has 1 rings (SSSR count). The van der Waals surface area contributed by atoms with Gasteiger partial charge in [-0.1, -0.05) is 39.8 Å². The van der Waals surface area contributed by atoms with Gasteiger partial charge in [0.1, 0.15) is 5.75 Å². The molecule has 0 fully saturated rings. The van der Waals surface area contributed by atoms with E-state index in [0.29, 0.717) is 17.8 Å². The van der Waals surface area contributed by atoms with E-state index in [9.17, 15) is 0 Å². The van der Waals surface area contributed by atoms with Crippen molar-refractivity contribution in [3.8, 4) is 5.75 Å². The summed E-state index contributed by atoms with van der Waals surface area (Å²) in [7, 11) is 3.42. The third-order valence-electron chi connectivity index (χ3n) is 4.08. The van der Waals surface area contributed by atoms with Gasteiger partial charge in [-0.15, -0.1) is 11.8 Å². The van der Waals surface area contributed by atoms with Gasteiger partial charge in [-0.2, -0.15) is 0 Å². The monoisotopic (exact) mass is 394 g/mol. The van der Waals surface area contributed by atoms with Crippen LogP contribution in [-0.2, 0) is 16.9 Å². The van der Waals surface area contributed by atoms with Crippen LogP contribution in [0.3, 0.4) is 0 Å². The van der Waals surface area contributed by atoms with Gasteiger partial charge in [-0.25, -0.2) is 0 Å². The zero-order chi connectivity index (χ0) is 20.4. The molecule has 0 aliphatic heterocycles. The summed E-state index contributed by atoms with van der Waals surface area (Å²) in [6, 6.07) is 6.26. The first-order valence-electron chi connectivity index (χ1n) is 9.82. The Morgan fingerprint density at radius 2 is 1.89 bits per heavy atom. The van der Waals surface area contributed by atoms with E-state index in [1.54, 1.807) is 14.2 Å². The van der Waals surface area contributed by atoms with Crippen molar-refractivity contribution in [2.45, 2.75) is 65.4 Å². The fourth-order valence-electron chi connectivity index (χ4n) is 2.87. The maximum Gasteiger partial charge on any atom is 0.124 e. The first-order valence-corrected chi connectivity index (χ1v) is 10.7. The van der Waals surface area contributed by atoms with E-state index in [-0.39, 0.29) is 5.54 Å². The zero-order valence-corrected chi connectivity index (χ0v) is 19.2. The van der Waals surface area contributed by atoms with Crippen LogP contribution in [0.2, 0.25) is 0 Å². The maximum absolute atomic E-state index is 5.66. The average Bonchev–Trinajstić information content (AvgIpc) is 2.57. The lowest BCUT2D eigenvalue weighted by Crippen LogP contribution is -2.24. The average molecular weight is 395 g/mol. The molecule has 0 atom stereocenters. The molecular formula is C22H38N2O2S. The number of hydrogen-bond acceptors (Lipinski definition) is 5. The highest BCUT2D eigenvalue weighted by atomic mass is 32.2. The quantitative estimate of drug-likeness (QED) is 0.316. The van der Waals surface area contributed by atoms with E-state index >= 15 is 0 Å². The molecule has 0 aromatic heterocycles. The van der Waals surface area contributed by atoms with Crippen molar-refractivity contribution in [1.82, 2.24) is 5.32 Å². The molecule has 0 aliphatic rings. The number of aliphatic imine (C=N–C) groups is 1. The largest absolute Gasteiger partial charge is 0.496 e. The fourth-order valence-corrected chi connectivity index (χ4v) is 3.91. The van der Waals surface area contributed by atoms with Crippen LogP contribution in [-0.4, -0.2) is 37.6 Å². The van der Waals surface area contributed by atoms with E-state index in [2.05, 4.69) is 65.1 Å². The van der Waals surface area contributed by atoms with Crippen LogP contribution in [0.15, 0.2) is 23.2 Å². The van der Waals surface area contributed by atoms with Crippen LogP contribution >= 0.6 is 11.8 Å². The van der Waals surface area contributed by atoms with Crippen LogP contribution in [0, 0.1) is 5.92 Å². The fraction of sp³-hybridized carbons (Fsp3) is 0.682. The molecule has 0 amide bonds. The molecule has 1 aromatic carbocycles. The number of thioether (sulfide) groups is 1. The smallest absolute Gasteiger partial charge is 0.124 e. The van der Waals surface area contributed by atoms with E-state index in [0.717, 1.165) is 36.4 Å². The second kappa shape index (κ2) is 11.7. The molecular weight excluding hydrogens is 356 g/mol. The SMILES string of the molecule is COCc1ccc(C(C)(C)/N=C(/CCNCC(C)C)SC(C)C)c(OC)c1. The lowest BCUT2D eigenvalue weighted by atomic mass is 9.93. The minimum atomic E-state index is -0.355. The summed E-state index contributed by atoms with van der Waals surface area (Å²) in [6.07, 6.45) is 0.947. The molecule has 0 spiro atoms. The second-order valence-electron chi connectivity index (χ2n) is 8.05. The van der Waals surface area contributed by atoms with Crippen molar-refractivity contribution >= 4 is 16.8 Å². The number of ether oxygens (including phenoxy) is 2. The van der Waals surface area contributed by atoms with Gasteiger partial charge in [-0.05, 0) is 37.9 Å². The van der Waals surface area contributed by atoms with Crippen molar-refractivity contribution < 1.29 is 9.47 Å². The molecule has 0 radical (unpaired) electrons. The summed E-state index contributed by atoms with van der Waals surface area (Å²) in [6.45, 7) is 15.8. The highest BCUT2D eigenvalue weighted by Gasteiger charge is 2.25. The lowest BCUT2D eigenvalue weighted by Gasteiger charge is -2.25. The van der Waals surface area contributed by atoms with Crippen LogP contribution in [0.5, 0.6) is 5.75 Å². The Hall–Kier alpha value is -1.04. The molecule has 0 aliphatic carbocycles. The molecule has 1 N–H and O–H groups in total. The molecule has 154 valence electrons. The number of benzene rings is 1. The van der Waals surface area contributed by atoms with Crippen molar-refractivity contribution in [3.63, 3.8) is 0 Å². The predicted octanol–water partition coefficient (Wildman–Crippen LogP) is 5.25. The summed E-state index contributed by atoms with van der Waals surface area (Å²) in [4.78, 5) is 5.15. The number of nitrogens with zero attached hydrogens (tertiary/aromatic N) is 1. The third-order valence-corrected chi connectivity index (χ3v) is 5.12. The Balaban J connectivity index is 3.04. The standard InChI is InChI=1S/C22H38N2O2S/c1-16(2)14-23-12-11-21(27-17(3)4)24-22(5,6)19-10-9-18(15-25-7)13-20(19)26-8/h9-10,13,16-17,23H,11-12,14-15H2,1-8H3/b24-21-. The molecule has 1 aromatic rings. The van der Waals surface area contributed by atoms with Crippen molar-refractivity contribution in [3.05, 3.63) is 29.3 Å². The number of hydrogen-bond donors (Lipinski definition) is 1. The minimum Gasteiger partial charge on any atom is -0.496 e. The third kappa shape index (κ3) is 8.67. The van der Waals surface area contributed by atoms with Crippen LogP contribution in [0.1, 0.15) is 59.1 Å². The summed E-state index contributed by atoms with van der Waals surface area (Å²) < 4.78 is 10.9. The zero-order valence-electron chi connectivity index (χ0n) is 18.4. The van der Waals surface area contributed by atoms with Gasteiger partial charge < -0.3 is 14.8 Å². The summed E-state index contributed by atoms with van der Waals surface area (Å²) in [5.74, 6) is 1.53. The summed E-state index contributed by atoms with van der Waals surface area (Å²) in [5.41, 5.74) is 1.85. The molecule has 0 unspecified atom stereocenters. The van der Waals surface area contributed by atoms with E-state index in [4.69, 9.17) is 14.5 Å². The van der Waals surface area contributed by atoms with Gasteiger partial charge in [0, 0.05) is 30.9 Å². The summed E-state index contributed by atoms with van der Waals surface area (Å²) >= 11 is 1.85. The van der Waals surface area contributed by atoms with E-state index in [1.807, 2.05) is 11.8 Å². The number of rotatable bonds is 11. The Bertz CT molecular complexity index is 598. The Kier molecular flexibility index (Phi) is 10.4. The normalized spacial score (nSPS) is 12.9. The van der Waals surface area contributed by atoms with Gasteiger partial charge in [0.15, 0.2) is 0 Å². The molecule has 27 heavy (non-hydrogen) atoms. The highest BCUT2D eigenvalue weighted by molar-refractivity contribution is 8.14. The molecule has 0 saturated heterocycles. The highest BCUT2D eigenvalue weighted by Crippen LogP contribution is 2.35. The molecule has 0 bridgehead atoms. The number of nitrogens with one attached hydrogen (secondary N) is 1. The van der Waals surface area contributed by atoms with Crippen molar-refractivity contribution in [2.75, 3.05) is 27.3 Å². The topological polar surface area (TPSA) is 42.8 Å². The van der Waals surface area contributed by atoms with Gasteiger partial charge in [-0.3, -0.25) is 4.99 Å². The van der Waals surface area contributed by atoms with Gasteiger partial charge in [0.25, 0.3) is 0 Å². The van der Waals surface area contributed by atoms with Crippen LogP contribution < -0.4 is 10.1 Å². The maximum atomic E-state index is 5.66. The lowest BCUT2D eigenvalue weighted by molar-refractivity contribution is 0.184. The minimum absolute atomic E-state index is 0.355. The number of methoxy groups -OCH3 is 2. The molecule has 5 heteroatoms. The molecule has 4 nitrogen and oxygen atoms in total. The first-order chi connectivity index (χ1) is 12.7. The van der Waals surface area contributed by atoms with Crippen LogP contribution in [0.4, 0.5) is 0 Å². The van der Waals surface area contributed by atoms with Crippen molar-refractivity contribution in [2.24, 2.45) is 10.9 Å². The summed E-state index contributed by atoms with van der Waals surface area (Å²) in [5, 5.41) is 5.22.